The summed E-state index contributed by atoms with van der Waals surface area (Å²) in [5.74, 6) is 1.30. The molecule has 0 aliphatic carbocycles. The first-order chi connectivity index (χ1) is 10.1. The molecule has 3 rings (SSSR count). The van der Waals surface area contributed by atoms with Gasteiger partial charge < -0.3 is 10.5 Å². The summed E-state index contributed by atoms with van der Waals surface area (Å²) in [5, 5.41) is 2.87. The number of aromatic nitrogens is 2. The fourth-order valence-corrected chi connectivity index (χ4v) is 3.64. The number of nitrogen functional groups attached to an aromatic ring is 1. The number of thiophene rings is 1. The summed E-state index contributed by atoms with van der Waals surface area (Å²) in [4.78, 5) is 23.7. The molecule has 2 N–H and O–H groups in total. The predicted octanol–water partition coefficient (Wildman–Crippen LogP) is 1.51. The number of likely N-dealkylation sites (tertiary alicyclic amines) is 1. The van der Waals surface area contributed by atoms with E-state index in [-0.39, 0.29) is 17.8 Å². The van der Waals surface area contributed by atoms with Crippen LogP contribution in [0.4, 0.5) is 5.82 Å². The number of carbonyl (C=O) groups excluding carboxylic acids is 1. The van der Waals surface area contributed by atoms with E-state index in [0.717, 1.165) is 16.8 Å². The second-order valence-corrected chi connectivity index (χ2v) is 6.36. The average Bonchev–Trinajstić information content (AvgIpc) is 3.05. The van der Waals surface area contributed by atoms with Crippen molar-refractivity contribution in [3.63, 3.8) is 0 Å². The van der Waals surface area contributed by atoms with E-state index in [2.05, 4.69) is 21.8 Å². The van der Waals surface area contributed by atoms with Crippen molar-refractivity contribution in [1.82, 2.24) is 14.9 Å². The van der Waals surface area contributed by atoms with Gasteiger partial charge in [-0.25, -0.2) is 9.97 Å². The first-order valence-electron chi connectivity index (χ1n) is 6.88. The monoisotopic (exact) mass is 306 g/mol. The van der Waals surface area contributed by atoms with Gasteiger partial charge in [-0.05, 0) is 17.4 Å². The zero-order chi connectivity index (χ0) is 15.0. The van der Waals surface area contributed by atoms with Gasteiger partial charge in [-0.2, -0.15) is 0 Å². The number of anilines is 1. The lowest BCUT2D eigenvalue weighted by atomic mass is 9.99. The molecule has 1 saturated heterocycles. The molecule has 0 spiro atoms. The zero-order valence-electron chi connectivity index (χ0n) is 12.1. The van der Waals surface area contributed by atoms with Crippen LogP contribution in [0.15, 0.2) is 11.4 Å². The molecule has 2 unspecified atom stereocenters. The lowest BCUT2D eigenvalue weighted by Crippen LogP contribution is -2.25. The number of ether oxygens (including phenoxy) is 1. The van der Waals surface area contributed by atoms with Gasteiger partial charge in [0.2, 0.25) is 0 Å². The van der Waals surface area contributed by atoms with Crippen LogP contribution in [0, 0.1) is 11.8 Å². The highest BCUT2D eigenvalue weighted by atomic mass is 32.1. The Bertz CT molecular complexity index is 672. The van der Waals surface area contributed by atoms with E-state index in [1.165, 1.54) is 7.11 Å². The van der Waals surface area contributed by atoms with Crippen LogP contribution in [0.5, 0.6) is 0 Å². The van der Waals surface area contributed by atoms with E-state index in [1.807, 2.05) is 11.4 Å². The van der Waals surface area contributed by atoms with Gasteiger partial charge in [0.05, 0.1) is 25.0 Å². The van der Waals surface area contributed by atoms with Crippen LogP contribution in [-0.2, 0) is 16.1 Å². The molecule has 0 radical (unpaired) electrons. The highest BCUT2D eigenvalue weighted by molar-refractivity contribution is 7.16. The third-order valence-electron chi connectivity index (χ3n) is 3.96. The van der Waals surface area contributed by atoms with Crippen LogP contribution in [0.25, 0.3) is 10.2 Å². The van der Waals surface area contributed by atoms with E-state index < -0.39 is 0 Å². The standard InChI is InChI=1S/C14H18N4O2S/c1-8-5-18(6-10(8)14(19)20-2)7-11-16-12(15)9-3-4-21-13(9)17-11/h3-4,8,10H,5-7H2,1-2H3,(H2,15,16,17). The van der Waals surface area contributed by atoms with Crippen LogP contribution in [0.3, 0.4) is 0 Å². The fraction of sp³-hybridized carbons (Fsp3) is 0.500. The molecule has 1 aliphatic heterocycles. The predicted molar refractivity (Wildman–Crippen MR) is 81.8 cm³/mol. The quantitative estimate of drug-likeness (QED) is 0.866. The summed E-state index contributed by atoms with van der Waals surface area (Å²) >= 11 is 1.56. The maximum absolute atomic E-state index is 11.7. The average molecular weight is 306 g/mol. The van der Waals surface area contributed by atoms with Crippen LogP contribution in [0.2, 0.25) is 0 Å². The van der Waals surface area contributed by atoms with Crippen molar-refractivity contribution in [3.8, 4) is 0 Å². The summed E-state index contributed by atoms with van der Waals surface area (Å²) in [6.45, 7) is 4.19. The molecule has 1 fully saturated rings. The van der Waals surface area contributed by atoms with E-state index in [9.17, 15) is 4.79 Å². The van der Waals surface area contributed by atoms with Crippen LogP contribution in [0.1, 0.15) is 12.7 Å². The molecule has 6 nitrogen and oxygen atoms in total. The Morgan fingerprint density at radius 1 is 1.52 bits per heavy atom. The Morgan fingerprint density at radius 2 is 2.33 bits per heavy atom. The van der Waals surface area contributed by atoms with Gasteiger partial charge >= 0.3 is 5.97 Å². The van der Waals surface area contributed by atoms with E-state index in [4.69, 9.17) is 10.5 Å². The number of fused-ring (bicyclic) bond motifs is 1. The van der Waals surface area contributed by atoms with E-state index >= 15 is 0 Å². The zero-order valence-corrected chi connectivity index (χ0v) is 12.9. The summed E-state index contributed by atoms with van der Waals surface area (Å²) in [5.41, 5.74) is 5.96. The number of carbonyl (C=O) groups is 1. The molecule has 1 aliphatic rings. The van der Waals surface area contributed by atoms with Crippen molar-refractivity contribution < 1.29 is 9.53 Å². The fourth-order valence-electron chi connectivity index (χ4n) is 2.85. The van der Waals surface area contributed by atoms with Gasteiger partial charge in [-0.3, -0.25) is 9.69 Å². The van der Waals surface area contributed by atoms with Crippen molar-refractivity contribution in [3.05, 3.63) is 17.3 Å². The highest BCUT2D eigenvalue weighted by Crippen LogP contribution is 2.27. The van der Waals surface area contributed by atoms with Crippen molar-refractivity contribution in [2.24, 2.45) is 11.8 Å². The lowest BCUT2D eigenvalue weighted by molar-refractivity contribution is -0.146. The van der Waals surface area contributed by atoms with Crippen molar-refractivity contribution >= 4 is 33.3 Å². The minimum absolute atomic E-state index is 0.0715. The number of nitrogens with zero attached hydrogens (tertiary/aromatic N) is 3. The van der Waals surface area contributed by atoms with Gasteiger partial charge in [-0.15, -0.1) is 11.3 Å². The number of nitrogens with two attached hydrogens (primary N) is 1. The van der Waals surface area contributed by atoms with E-state index in [0.29, 0.717) is 24.7 Å². The van der Waals surface area contributed by atoms with Gasteiger partial charge in [-0.1, -0.05) is 6.92 Å². The highest BCUT2D eigenvalue weighted by Gasteiger charge is 2.35. The molecular weight excluding hydrogens is 288 g/mol. The van der Waals surface area contributed by atoms with Crippen molar-refractivity contribution in [2.45, 2.75) is 13.5 Å². The van der Waals surface area contributed by atoms with Crippen molar-refractivity contribution in [2.75, 3.05) is 25.9 Å². The normalized spacial score (nSPS) is 22.8. The maximum Gasteiger partial charge on any atom is 0.310 e. The molecule has 0 aromatic carbocycles. The first kappa shape index (κ1) is 14.2. The number of hydrogen-bond acceptors (Lipinski definition) is 7. The molecule has 2 aromatic rings. The maximum atomic E-state index is 11.7. The lowest BCUT2D eigenvalue weighted by Gasteiger charge is -2.14. The molecular formula is C14H18N4O2S. The number of hydrogen-bond donors (Lipinski definition) is 1. The third-order valence-corrected chi connectivity index (χ3v) is 4.76. The Hall–Kier alpha value is -1.73. The summed E-state index contributed by atoms with van der Waals surface area (Å²) in [7, 11) is 1.44. The second kappa shape index (κ2) is 5.57. The number of esters is 1. The van der Waals surface area contributed by atoms with Gasteiger partial charge in [0.1, 0.15) is 16.5 Å². The minimum Gasteiger partial charge on any atom is -0.469 e. The molecule has 0 saturated carbocycles. The SMILES string of the molecule is COC(=O)C1CN(Cc2nc(N)c3ccsc3n2)CC1C. The van der Waals surface area contributed by atoms with Crippen LogP contribution < -0.4 is 5.73 Å². The van der Waals surface area contributed by atoms with Crippen LogP contribution in [-0.4, -0.2) is 41.0 Å². The molecule has 112 valence electrons. The molecule has 0 amide bonds. The summed E-state index contributed by atoms with van der Waals surface area (Å²) < 4.78 is 4.85. The van der Waals surface area contributed by atoms with E-state index in [1.54, 1.807) is 11.3 Å². The molecule has 2 aromatic heterocycles. The van der Waals surface area contributed by atoms with Gasteiger partial charge in [0.25, 0.3) is 0 Å². The molecule has 0 bridgehead atoms. The minimum atomic E-state index is -0.140. The number of methoxy groups -OCH3 is 1. The molecule has 3 heterocycles. The summed E-state index contributed by atoms with van der Waals surface area (Å²) in [6, 6.07) is 1.93. The Kier molecular flexibility index (Phi) is 3.77. The first-order valence-corrected chi connectivity index (χ1v) is 7.76. The Balaban J connectivity index is 1.75. The van der Waals surface area contributed by atoms with Crippen LogP contribution >= 0.6 is 11.3 Å². The molecule has 21 heavy (non-hydrogen) atoms. The Morgan fingerprint density at radius 3 is 3.10 bits per heavy atom. The van der Waals surface area contributed by atoms with Gasteiger partial charge in [0, 0.05) is 13.1 Å². The van der Waals surface area contributed by atoms with Crippen molar-refractivity contribution in [1.29, 1.82) is 0 Å². The summed E-state index contributed by atoms with van der Waals surface area (Å²) in [6.07, 6.45) is 0. The topological polar surface area (TPSA) is 81.3 Å². The largest absolute Gasteiger partial charge is 0.469 e. The molecule has 7 heteroatoms. The number of rotatable bonds is 3. The third kappa shape index (κ3) is 2.71. The molecule has 2 atom stereocenters. The van der Waals surface area contributed by atoms with Gasteiger partial charge in [0.15, 0.2) is 0 Å². The smallest absolute Gasteiger partial charge is 0.310 e. The Labute approximate surface area is 126 Å². The second-order valence-electron chi connectivity index (χ2n) is 5.47.